The third-order valence-corrected chi connectivity index (χ3v) is 9.17. The van der Waals surface area contributed by atoms with Crippen molar-refractivity contribution >= 4 is 65.0 Å². The normalized spacial score (nSPS) is 11.8. The van der Waals surface area contributed by atoms with E-state index in [9.17, 15) is 0 Å². The van der Waals surface area contributed by atoms with Crippen LogP contribution in [0.3, 0.4) is 0 Å². The number of rotatable bonds is 3. The summed E-state index contributed by atoms with van der Waals surface area (Å²) in [5.41, 5.74) is 4.30. The molecule has 0 atom stereocenters. The van der Waals surface area contributed by atoms with Gasteiger partial charge >= 0.3 is 0 Å². The van der Waals surface area contributed by atoms with Crippen LogP contribution in [0.15, 0.2) is 150 Å². The molecule has 0 radical (unpaired) electrons. The number of benzene rings is 7. The van der Waals surface area contributed by atoms with E-state index in [-0.39, 0.29) is 0 Å². The van der Waals surface area contributed by atoms with E-state index in [2.05, 4.69) is 120 Å². The summed E-state index contributed by atoms with van der Waals surface area (Å²) in [5.74, 6) is 1.81. The van der Waals surface area contributed by atoms with Crippen molar-refractivity contribution in [1.82, 2.24) is 19.9 Å². The van der Waals surface area contributed by atoms with Crippen LogP contribution in [0.2, 0.25) is 0 Å². The Morgan fingerprint density at radius 1 is 0.404 bits per heavy atom. The van der Waals surface area contributed by atoms with Crippen molar-refractivity contribution in [2.24, 2.45) is 0 Å². The number of hydrogen-bond donors (Lipinski definition) is 0. The molecule has 0 N–H and O–H groups in total. The molecular weight excluding hydrogens is 576 g/mol. The average Bonchev–Trinajstić information content (AvgIpc) is 3.53. The minimum absolute atomic E-state index is 0.580. The van der Waals surface area contributed by atoms with Gasteiger partial charge in [0.1, 0.15) is 11.2 Å². The van der Waals surface area contributed by atoms with E-state index < -0.39 is 0 Å². The molecule has 5 heteroatoms. The summed E-state index contributed by atoms with van der Waals surface area (Å²) >= 11 is 0. The van der Waals surface area contributed by atoms with Crippen LogP contribution in [0.5, 0.6) is 0 Å². The van der Waals surface area contributed by atoms with E-state index in [4.69, 9.17) is 19.4 Å². The van der Waals surface area contributed by atoms with Gasteiger partial charge in [-0.1, -0.05) is 109 Å². The zero-order valence-electron chi connectivity index (χ0n) is 25.1. The van der Waals surface area contributed by atoms with Gasteiger partial charge in [-0.25, -0.2) is 15.0 Å². The lowest BCUT2D eigenvalue weighted by Gasteiger charge is -2.14. The molecule has 0 aliphatic rings. The first-order valence-electron chi connectivity index (χ1n) is 15.6. The minimum Gasteiger partial charge on any atom is -0.456 e. The van der Waals surface area contributed by atoms with Gasteiger partial charge in [-0.2, -0.15) is 0 Å². The quantitative estimate of drug-likeness (QED) is 0.189. The van der Waals surface area contributed by atoms with Crippen molar-refractivity contribution in [2.45, 2.75) is 0 Å². The Labute approximate surface area is 268 Å². The predicted octanol–water partition coefficient (Wildman–Crippen LogP) is 10.8. The highest BCUT2D eigenvalue weighted by Crippen LogP contribution is 2.40. The van der Waals surface area contributed by atoms with Crippen molar-refractivity contribution in [1.29, 1.82) is 0 Å². The third kappa shape index (κ3) is 4.03. The Morgan fingerprint density at radius 3 is 2.02 bits per heavy atom. The molecule has 0 saturated carbocycles. The molecular formula is C42H24N4O. The fourth-order valence-electron chi connectivity index (χ4n) is 6.99. The van der Waals surface area contributed by atoms with E-state index in [0.717, 1.165) is 60.2 Å². The molecule has 3 heterocycles. The third-order valence-electron chi connectivity index (χ3n) is 9.17. The van der Waals surface area contributed by atoms with E-state index in [1.165, 1.54) is 21.5 Å². The SMILES string of the molecule is c1ccc2cc(-c3nc(-c4cccc5oc6ccncc6c45)nc(-c4cc5ccccc5c5ccc6ccccc6c45)n3)ccc2c1. The summed E-state index contributed by atoms with van der Waals surface area (Å²) in [6, 6.07) is 46.4. The Morgan fingerprint density at radius 2 is 1.13 bits per heavy atom. The summed E-state index contributed by atoms with van der Waals surface area (Å²) in [6.07, 6.45) is 3.60. The van der Waals surface area contributed by atoms with Crippen LogP contribution in [-0.4, -0.2) is 19.9 Å². The van der Waals surface area contributed by atoms with Crippen molar-refractivity contribution in [2.75, 3.05) is 0 Å². The summed E-state index contributed by atoms with van der Waals surface area (Å²) in [4.78, 5) is 20.1. The van der Waals surface area contributed by atoms with Crippen LogP contribution < -0.4 is 0 Å². The average molecular weight is 601 g/mol. The molecule has 47 heavy (non-hydrogen) atoms. The lowest BCUT2D eigenvalue weighted by atomic mass is 9.92. The maximum Gasteiger partial charge on any atom is 0.164 e. The van der Waals surface area contributed by atoms with Gasteiger partial charge in [0.15, 0.2) is 17.5 Å². The fraction of sp³-hybridized carbons (Fsp3) is 0. The molecule has 3 aromatic heterocycles. The van der Waals surface area contributed by atoms with Crippen LogP contribution in [0.1, 0.15) is 0 Å². The minimum atomic E-state index is 0.580. The highest BCUT2D eigenvalue weighted by atomic mass is 16.3. The number of furan rings is 1. The maximum absolute atomic E-state index is 6.24. The monoisotopic (exact) mass is 600 g/mol. The second-order valence-electron chi connectivity index (χ2n) is 11.9. The van der Waals surface area contributed by atoms with Gasteiger partial charge in [-0.05, 0) is 62.0 Å². The topological polar surface area (TPSA) is 64.7 Å². The lowest BCUT2D eigenvalue weighted by molar-refractivity contribution is 0.668. The Bertz CT molecular complexity index is 2870. The van der Waals surface area contributed by atoms with Crippen LogP contribution in [0, 0.1) is 0 Å². The van der Waals surface area contributed by atoms with Gasteiger partial charge in [0.2, 0.25) is 0 Å². The van der Waals surface area contributed by atoms with Gasteiger partial charge in [-0.3, -0.25) is 4.98 Å². The van der Waals surface area contributed by atoms with Crippen LogP contribution in [-0.2, 0) is 0 Å². The molecule has 0 saturated heterocycles. The van der Waals surface area contributed by atoms with Gasteiger partial charge in [-0.15, -0.1) is 0 Å². The van der Waals surface area contributed by atoms with E-state index >= 15 is 0 Å². The second kappa shape index (κ2) is 10.0. The van der Waals surface area contributed by atoms with Gasteiger partial charge < -0.3 is 4.42 Å². The second-order valence-corrected chi connectivity index (χ2v) is 11.9. The first-order chi connectivity index (χ1) is 23.3. The smallest absolute Gasteiger partial charge is 0.164 e. The number of nitrogens with zero attached hydrogens (tertiary/aromatic N) is 4. The number of fused-ring (bicyclic) bond motifs is 9. The molecule has 0 aliphatic carbocycles. The van der Waals surface area contributed by atoms with E-state index in [0.29, 0.717) is 17.5 Å². The summed E-state index contributed by atoms with van der Waals surface area (Å²) in [6.45, 7) is 0. The van der Waals surface area contributed by atoms with E-state index in [1.807, 2.05) is 24.4 Å². The predicted molar refractivity (Wildman–Crippen MR) is 191 cm³/mol. The van der Waals surface area contributed by atoms with Crippen LogP contribution >= 0.6 is 0 Å². The molecule has 218 valence electrons. The van der Waals surface area contributed by atoms with Gasteiger partial charge in [0, 0.05) is 45.2 Å². The standard InChI is InChI=1S/C42H24N4O/c1-2-10-27-22-29(17-16-25(27)8-1)40-44-41(33-14-7-15-37-39(33)35-24-43-21-20-36(35)47-37)46-42(45-40)34-23-28-11-4-5-12-30(28)32-19-18-26-9-3-6-13-31(26)38(32)34/h1-24H. The lowest BCUT2D eigenvalue weighted by Crippen LogP contribution is -2.01. The molecule has 0 amide bonds. The number of hydrogen-bond acceptors (Lipinski definition) is 5. The Kier molecular flexibility index (Phi) is 5.51. The highest BCUT2D eigenvalue weighted by molar-refractivity contribution is 6.22. The summed E-state index contributed by atoms with van der Waals surface area (Å²) in [5, 5.41) is 11.1. The van der Waals surface area contributed by atoms with Crippen molar-refractivity contribution in [3.8, 4) is 34.2 Å². The molecule has 0 spiro atoms. The largest absolute Gasteiger partial charge is 0.456 e. The first kappa shape index (κ1) is 25.8. The number of aromatic nitrogens is 4. The van der Waals surface area contributed by atoms with Crippen molar-refractivity contribution in [3.05, 3.63) is 146 Å². The van der Waals surface area contributed by atoms with Crippen molar-refractivity contribution in [3.63, 3.8) is 0 Å². The van der Waals surface area contributed by atoms with Crippen LogP contribution in [0.4, 0.5) is 0 Å². The molecule has 10 aromatic rings. The highest BCUT2D eigenvalue weighted by Gasteiger charge is 2.20. The molecule has 0 bridgehead atoms. The molecule has 0 aliphatic heterocycles. The molecule has 5 nitrogen and oxygen atoms in total. The van der Waals surface area contributed by atoms with Gasteiger partial charge in [0.25, 0.3) is 0 Å². The summed E-state index contributed by atoms with van der Waals surface area (Å²) < 4.78 is 6.24. The molecule has 7 aromatic carbocycles. The zero-order valence-corrected chi connectivity index (χ0v) is 25.1. The zero-order chi connectivity index (χ0) is 30.9. The van der Waals surface area contributed by atoms with Gasteiger partial charge in [0.05, 0.1) is 0 Å². The van der Waals surface area contributed by atoms with Crippen molar-refractivity contribution < 1.29 is 4.42 Å². The summed E-state index contributed by atoms with van der Waals surface area (Å²) in [7, 11) is 0. The molecule has 10 rings (SSSR count). The Hall–Kier alpha value is -6.46. The Balaban J connectivity index is 1.33. The number of pyridine rings is 1. The molecule has 0 unspecified atom stereocenters. The first-order valence-corrected chi connectivity index (χ1v) is 15.6. The van der Waals surface area contributed by atoms with E-state index in [1.54, 1.807) is 6.20 Å². The van der Waals surface area contributed by atoms with Crippen LogP contribution in [0.25, 0.3) is 99.2 Å². The fourth-order valence-corrected chi connectivity index (χ4v) is 6.99. The maximum atomic E-state index is 6.24. The molecule has 0 fully saturated rings.